The number of anilines is 1. The summed E-state index contributed by atoms with van der Waals surface area (Å²) in [6.45, 7) is 2.88. The predicted molar refractivity (Wildman–Crippen MR) is 111 cm³/mol. The van der Waals surface area contributed by atoms with Crippen LogP contribution in [-0.2, 0) is 14.8 Å². The fraction of sp³-hybridized carbons (Fsp3) is 0.316. The quantitative estimate of drug-likeness (QED) is 0.742. The molecule has 2 aromatic rings. The molecule has 6 nitrogen and oxygen atoms in total. The number of rotatable bonds is 5. The Morgan fingerprint density at radius 2 is 1.79 bits per heavy atom. The molecule has 0 aromatic heterocycles. The molecule has 1 fully saturated rings. The van der Waals surface area contributed by atoms with E-state index in [1.807, 2.05) is 4.90 Å². The summed E-state index contributed by atoms with van der Waals surface area (Å²) in [6, 6.07) is 9.24. The summed E-state index contributed by atoms with van der Waals surface area (Å²) in [5.41, 5.74) is 0.420. The molecule has 1 unspecified atom stereocenters. The summed E-state index contributed by atoms with van der Waals surface area (Å²) in [6.07, 6.45) is 0. The van der Waals surface area contributed by atoms with Crippen molar-refractivity contribution in [3.8, 4) is 0 Å². The lowest BCUT2D eigenvalue weighted by atomic mass is 10.2. The van der Waals surface area contributed by atoms with E-state index in [9.17, 15) is 17.6 Å². The van der Waals surface area contributed by atoms with Gasteiger partial charge in [-0.3, -0.25) is 9.69 Å². The van der Waals surface area contributed by atoms with Gasteiger partial charge in [0.05, 0.1) is 21.6 Å². The molecule has 1 amide bonds. The molecule has 1 aliphatic heterocycles. The van der Waals surface area contributed by atoms with Gasteiger partial charge in [-0.05, 0) is 43.3 Å². The second kappa shape index (κ2) is 8.97. The fourth-order valence-electron chi connectivity index (χ4n) is 3.10. The van der Waals surface area contributed by atoms with Crippen LogP contribution in [0.1, 0.15) is 6.92 Å². The lowest BCUT2D eigenvalue weighted by Crippen LogP contribution is -2.53. The third-order valence-corrected chi connectivity index (χ3v) is 7.28. The molecule has 0 aliphatic carbocycles. The summed E-state index contributed by atoms with van der Waals surface area (Å²) < 4.78 is 40.1. The number of carbonyl (C=O) groups is 1. The molecule has 0 saturated carbocycles. The number of hydrogen-bond acceptors (Lipinski definition) is 4. The highest BCUT2D eigenvalue weighted by Crippen LogP contribution is 2.26. The van der Waals surface area contributed by atoms with E-state index in [2.05, 4.69) is 5.32 Å². The van der Waals surface area contributed by atoms with Crippen molar-refractivity contribution >= 4 is 44.8 Å². The van der Waals surface area contributed by atoms with Gasteiger partial charge in [0.1, 0.15) is 5.82 Å². The van der Waals surface area contributed by atoms with E-state index in [0.717, 1.165) is 6.07 Å². The van der Waals surface area contributed by atoms with Gasteiger partial charge in [-0.1, -0.05) is 29.3 Å². The van der Waals surface area contributed by atoms with Crippen LogP contribution >= 0.6 is 23.2 Å². The lowest BCUT2D eigenvalue weighted by Gasteiger charge is -2.36. The van der Waals surface area contributed by atoms with Crippen LogP contribution in [0, 0.1) is 5.82 Å². The van der Waals surface area contributed by atoms with E-state index >= 15 is 0 Å². The number of piperazine rings is 1. The minimum atomic E-state index is -3.78. The largest absolute Gasteiger partial charge is 0.323 e. The number of sulfonamides is 1. The van der Waals surface area contributed by atoms with Gasteiger partial charge in [0, 0.05) is 31.2 Å². The molecule has 0 radical (unpaired) electrons. The predicted octanol–water partition coefficient (Wildman–Crippen LogP) is 3.47. The van der Waals surface area contributed by atoms with Crippen molar-refractivity contribution in [2.45, 2.75) is 17.9 Å². The second-order valence-corrected chi connectivity index (χ2v) is 9.47. The first-order valence-electron chi connectivity index (χ1n) is 8.94. The topological polar surface area (TPSA) is 69.7 Å². The van der Waals surface area contributed by atoms with Gasteiger partial charge in [0.15, 0.2) is 0 Å². The molecule has 10 heteroatoms. The van der Waals surface area contributed by atoms with E-state index in [1.54, 1.807) is 25.1 Å². The molecule has 2 aromatic carbocycles. The van der Waals surface area contributed by atoms with Crippen molar-refractivity contribution in [3.05, 3.63) is 58.3 Å². The standard InChI is InChI=1S/C19H20Cl2FN3O3S/c1-13(19(26)23-18-11-14(20)5-6-17(18)21)24-7-9-25(10-8-24)29(27,28)16-4-2-3-15(22)12-16/h2-6,11-13H,7-10H2,1H3,(H,23,26). The van der Waals surface area contributed by atoms with E-state index in [0.29, 0.717) is 28.8 Å². The van der Waals surface area contributed by atoms with Crippen molar-refractivity contribution in [2.24, 2.45) is 0 Å². The Kier molecular flexibility index (Phi) is 6.80. The highest BCUT2D eigenvalue weighted by atomic mass is 35.5. The molecule has 1 N–H and O–H groups in total. The average molecular weight is 460 g/mol. The third-order valence-electron chi connectivity index (χ3n) is 4.82. The maximum Gasteiger partial charge on any atom is 0.243 e. The van der Waals surface area contributed by atoms with Crippen molar-refractivity contribution in [1.29, 1.82) is 0 Å². The number of halogens is 3. The van der Waals surface area contributed by atoms with Gasteiger partial charge in [0.25, 0.3) is 0 Å². The number of benzene rings is 2. The Morgan fingerprint density at radius 3 is 2.45 bits per heavy atom. The van der Waals surface area contributed by atoms with Crippen molar-refractivity contribution in [2.75, 3.05) is 31.5 Å². The van der Waals surface area contributed by atoms with Crippen LogP contribution in [0.5, 0.6) is 0 Å². The molecule has 1 heterocycles. The number of nitrogens with zero attached hydrogens (tertiary/aromatic N) is 2. The van der Waals surface area contributed by atoms with Crippen molar-refractivity contribution in [3.63, 3.8) is 0 Å². The van der Waals surface area contributed by atoms with Gasteiger partial charge < -0.3 is 5.32 Å². The third kappa shape index (κ3) is 5.07. The number of hydrogen-bond donors (Lipinski definition) is 1. The molecule has 0 spiro atoms. The van der Waals surface area contributed by atoms with E-state index in [4.69, 9.17) is 23.2 Å². The number of carbonyl (C=O) groups excluding carboxylic acids is 1. The molecular weight excluding hydrogens is 440 g/mol. The molecule has 156 valence electrons. The van der Waals surface area contributed by atoms with Crippen LogP contribution in [0.2, 0.25) is 10.0 Å². The molecule has 1 atom stereocenters. The van der Waals surface area contributed by atoms with Crippen LogP contribution in [0.15, 0.2) is 47.4 Å². The molecular formula is C19H20Cl2FN3O3S. The molecule has 1 saturated heterocycles. The van der Waals surface area contributed by atoms with Gasteiger partial charge in [-0.25, -0.2) is 12.8 Å². The van der Waals surface area contributed by atoms with Gasteiger partial charge in [0.2, 0.25) is 15.9 Å². The highest BCUT2D eigenvalue weighted by molar-refractivity contribution is 7.89. The van der Waals surface area contributed by atoms with E-state index in [-0.39, 0.29) is 23.9 Å². The first-order valence-corrected chi connectivity index (χ1v) is 11.1. The van der Waals surface area contributed by atoms with Crippen molar-refractivity contribution in [1.82, 2.24) is 9.21 Å². The SMILES string of the molecule is CC(C(=O)Nc1cc(Cl)ccc1Cl)N1CCN(S(=O)(=O)c2cccc(F)c2)CC1. The first kappa shape index (κ1) is 22.0. The first-order chi connectivity index (χ1) is 13.7. The Bertz CT molecular complexity index is 1010. The van der Waals surface area contributed by atoms with Crippen LogP contribution < -0.4 is 5.32 Å². The Hall–Kier alpha value is -1.71. The van der Waals surface area contributed by atoms with Crippen LogP contribution in [0.4, 0.5) is 10.1 Å². The zero-order valence-corrected chi connectivity index (χ0v) is 17.9. The summed E-state index contributed by atoms with van der Waals surface area (Å²) in [5.74, 6) is -0.870. The lowest BCUT2D eigenvalue weighted by molar-refractivity contribution is -0.121. The monoisotopic (exact) mass is 459 g/mol. The normalized spacial score (nSPS) is 17.1. The van der Waals surface area contributed by atoms with Gasteiger partial charge >= 0.3 is 0 Å². The highest BCUT2D eigenvalue weighted by Gasteiger charge is 2.32. The summed E-state index contributed by atoms with van der Waals surface area (Å²) >= 11 is 12.0. The molecule has 3 rings (SSSR count). The van der Waals surface area contributed by atoms with Crippen LogP contribution in [-0.4, -0.2) is 55.8 Å². The molecule has 1 aliphatic rings. The zero-order chi connectivity index (χ0) is 21.2. The summed E-state index contributed by atoms with van der Waals surface area (Å²) in [5, 5.41) is 3.58. The Morgan fingerprint density at radius 1 is 1.10 bits per heavy atom. The smallest absolute Gasteiger partial charge is 0.243 e. The Labute approximate surface area is 179 Å². The van der Waals surface area contributed by atoms with Gasteiger partial charge in [-0.2, -0.15) is 4.31 Å². The van der Waals surface area contributed by atoms with Crippen molar-refractivity contribution < 1.29 is 17.6 Å². The Balaban J connectivity index is 1.62. The van der Waals surface area contributed by atoms with E-state index < -0.39 is 21.9 Å². The number of nitrogens with one attached hydrogen (secondary N) is 1. The van der Waals surface area contributed by atoms with Crippen LogP contribution in [0.3, 0.4) is 0 Å². The minimum absolute atomic E-state index is 0.0765. The summed E-state index contributed by atoms with van der Waals surface area (Å²) in [4.78, 5) is 14.4. The maximum absolute atomic E-state index is 13.4. The maximum atomic E-state index is 13.4. The molecule has 0 bridgehead atoms. The van der Waals surface area contributed by atoms with E-state index in [1.165, 1.54) is 22.5 Å². The molecule has 29 heavy (non-hydrogen) atoms. The number of amides is 1. The zero-order valence-electron chi connectivity index (χ0n) is 15.6. The van der Waals surface area contributed by atoms with Crippen LogP contribution in [0.25, 0.3) is 0 Å². The summed E-state index contributed by atoms with van der Waals surface area (Å²) in [7, 11) is -3.78. The minimum Gasteiger partial charge on any atom is -0.323 e. The fourth-order valence-corrected chi connectivity index (χ4v) is 4.90. The van der Waals surface area contributed by atoms with Gasteiger partial charge in [-0.15, -0.1) is 0 Å². The average Bonchev–Trinajstić information content (AvgIpc) is 2.70. The second-order valence-electron chi connectivity index (χ2n) is 6.69.